The van der Waals surface area contributed by atoms with E-state index in [4.69, 9.17) is 34.1 Å². The maximum absolute atomic E-state index is 19.4. The molecule has 2 unspecified atom stereocenters. The second-order valence-electron chi connectivity index (χ2n) is 36.4. The second-order valence-corrected chi connectivity index (χ2v) is 43.1. The minimum atomic E-state index is -1.28. The highest BCUT2D eigenvalue weighted by molar-refractivity contribution is 7.25. The lowest BCUT2D eigenvalue weighted by molar-refractivity contribution is 0.304. The van der Waals surface area contributed by atoms with Gasteiger partial charge in [0.2, 0.25) is 0 Å². The molecule has 16 rings (SSSR count). The van der Waals surface area contributed by atoms with Gasteiger partial charge in [-0.2, -0.15) is 0 Å². The first-order chi connectivity index (χ1) is 66.2. The molecular formula is C115H120F8N4O3S6. The zero-order chi connectivity index (χ0) is 95.2. The van der Waals surface area contributed by atoms with E-state index < -0.39 is 34.9 Å². The molecule has 0 radical (unpaired) electrons. The van der Waals surface area contributed by atoms with Crippen LogP contribution in [0.3, 0.4) is 0 Å². The third-order valence-corrected chi connectivity index (χ3v) is 33.1. The first kappa shape index (κ1) is 99.0. The average molecular weight is 1950 g/mol. The Bertz CT molecular complexity index is 6780. The van der Waals surface area contributed by atoms with Crippen LogP contribution in [0.1, 0.15) is 241 Å². The Morgan fingerprint density at radius 2 is 0.647 bits per heavy atom. The summed E-state index contributed by atoms with van der Waals surface area (Å²) in [6.45, 7) is 22.1. The number of unbranched alkanes of at least 4 members (excludes halogenated alkanes) is 17. The summed E-state index contributed by atoms with van der Waals surface area (Å²) in [4.78, 5) is 26.2. The Labute approximate surface area is 819 Å². The van der Waals surface area contributed by atoms with Gasteiger partial charge in [-0.15, -0.1) is 68.0 Å². The van der Waals surface area contributed by atoms with Gasteiger partial charge in [-0.1, -0.05) is 256 Å². The van der Waals surface area contributed by atoms with Gasteiger partial charge in [0.05, 0.1) is 64.8 Å². The summed E-state index contributed by atoms with van der Waals surface area (Å²) in [5.74, 6) is -4.86. The smallest absolute Gasteiger partial charge is 0.170 e. The van der Waals surface area contributed by atoms with E-state index in [2.05, 4.69) is 54.5 Å². The minimum absolute atomic E-state index is 0.0138. The Kier molecular flexibility index (Phi) is 33.6. The molecule has 0 fully saturated rings. The van der Waals surface area contributed by atoms with E-state index in [1.165, 1.54) is 72.7 Å². The lowest BCUT2D eigenvalue weighted by atomic mass is 9.95. The van der Waals surface area contributed by atoms with Gasteiger partial charge in [0, 0.05) is 119 Å². The summed E-state index contributed by atoms with van der Waals surface area (Å²) in [7, 11) is 0. The molecule has 0 aliphatic rings. The van der Waals surface area contributed by atoms with Crippen LogP contribution in [-0.2, 0) is 12.8 Å². The fourth-order valence-electron chi connectivity index (χ4n) is 18.7. The van der Waals surface area contributed by atoms with Gasteiger partial charge in [0.1, 0.15) is 57.1 Å². The number of halogens is 8. The standard InChI is InChI=1S/C115H120F8N4O3S6/c1-11-18-23-26-29-32-53-128-77-46-36-43-74(60-77)108-107(73-42-35-39-68(8)56-73)125-111-99(103(121)102(120)70(10)106(111)124-108)90-51-49-88(132-90)80-63-85(117)81(64-84(80)116)89-50-52-91(133-89)100-104(122)105(123)101(113-112(100)126-109(75-44-37-47-78(61-75)129-54-33-30-27-24-19-12-2)110(127-113)76-45-38-48-79(62-76)130-55-34-31-28-25-20-13-3)94-65-83-98(96-67-87(119)93(135-96)59-72(17-7)41-22-15-5)114-82(57-69(9)131-114)97(115(83)136-94)95-66-86(118)92(134-95)58-71(16-6)40-21-14-4/h35-39,42-52,56-57,60-67,71-72H,11-34,40-41,53-55,58-59H2,1-10H3. The highest BCUT2D eigenvalue weighted by Gasteiger charge is 2.34. The number of fused-ring (bicyclic) bond motifs is 4. The quantitative estimate of drug-likeness (QED) is 0.0278. The monoisotopic (exact) mass is 1950 g/mol. The number of hydrogen-bond donors (Lipinski definition) is 0. The van der Waals surface area contributed by atoms with Crippen molar-refractivity contribution in [1.29, 1.82) is 0 Å². The fraction of sp³-hybridized carbons (Fsp3) is 0.374. The summed E-state index contributed by atoms with van der Waals surface area (Å²) in [5.41, 5.74) is 5.43. The normalized spacial score (nSPS) is 12.3. The molecule has 0 amide bonds. The van der Waals surface area contributed by atoms with E-state index >= 15 is 35.1 Å². The summed E-state index contributed by atoms with van der Waals surface area (Å²) in [5, 5.41) is 1.49. The van der Waals surface area contributed by atoms with Crippen molar-refractivity contribution in [3.63, 3.8) is 0 Å². The molecule has 16 aromatic rings. The topological polar surface area (TPSA) is 79.3 Å². The molecular weight excluding hydrogens is 1830 g/mol. The van der Waals surface area contributed by atoms with E-state index in [-0.39, 0.29) is 103 Å². The Morgan fingerprint density at radius 1 is 0.294 bits per heavy atom. The Balaban J connectivity index is 0.851. The number of benzene rings is 8. The van der Waals surface area contributed by atoms with Crippen LogP contribution in [0.4, 0.5) is 35.1 Å². The predicted molar refractivity (Wildman–Crippen MR) is 559 cm³/mol. The van der Waals surface area contributed by atoms with Gasteiger partial charge >= 0.3 is 0 Å². The molecule has 8 aromatic heterocycles. The molecule has 136 heavy (non-hydrogen) atoms. The third-order valence-electron chi connectivity index (χ3n) is 26.3. The number of nitrogens with zero attached hydrogens (tertiary/aromatic N) is 4. The molecule has 0 bridgehead atoms. The van der Waals surface area contributed by atoms with Crippen molar-refractivity contribution in [2.24, 2.45) is 11.8 Å². The van der Waals surface area contributed by atoms with E-state index in [0.717, 1.165) is 208 Å². The molecule has 0 saturated carbocycles. The van der Waals surface area contributed by atoms with Crippen LogP contribution < -0.4 is 14.2 Å². The van der Waals surface area contributed by atoms with Crippen molar-refractivity contribution in [3.8, 4) is 135 Å². The van der Waals surface area contributed by atoms with Gasteiger partial charge in [-0.25, -0.2) is 55.1 Å². The molecule has 0 spiro atoms. The van der Waals surface area contributed by atoms with Crippen LogP contribution in [-0.4, -0.2) is 39.8 Å². The van der Waals surface area contributed by atoms with Gasteiger partial charge in [0.25, 0.3) is 0 Å². The first-order valence-electron chi connectivity index (χ1n) is 49.2. The molecule has 0 aliphatic carbocycles. The van der Waals surface area contributed by atoms with Crippen molar-refractivity contribution in [2.45, 2.75) is 249 Å². The first-order valence-corrected chi connectivity index (χ1v) is 54.1. The molecule has 710 valence electrons. The van der Waals surface area contributed by atoms with Crippen molar-refractivity contribution in [1.82, 2.24) is 19.9 Å². The lowest BCUT2D eigenvalue weighted by Crippen LogP contribution is -2.03. The van der Waals surface area contributed by atoms with Crippen molar-refractivity contribution in [3.05, 3.63) is 230 Å². The summed E-state index contributed by atoms with van der Waals surface area (Å²) in [6, 6.07) is 45.9. The molecule has 2 atom stereocenters. The largest absolute Gasteiger partial charge is 0.494 e. The van der Waals surface area contributed by atoms with Gasteiger partial charge in [-0.05, 0) is 168 Å². The van der Waals surface area contributed by atoms with Gasteiger partial charge in [0.15, 0.2) is 23.3 Å². The molecule has 7 nitrogen and oxygen atoms in total. The predicted octanol–water partition coefficient (Wildman–Crippen LogP) is 38.4. The number of rotatable bonds is 47. The molecule has 0 aliphatic heterocycles. The zero-order valence-electron chi connectivity index (χ0n) is 79.6. The van der Waals surface area contributed by atoms with Crippen LogP contribution in [0.15, 0.2) is 158 Å². The average Bonchev–Trinajstić information content (AvgIpc) is 0.918. The van der Waals surface area contributed by atoms with Gasteiger partial charge < -0.3 is 14.2 Å². The second kappa shape index (κ2) is 46.2. The summed E-state index contributed by atoms with van der Waals surface area (Å²) in [6.07, 6.45) is 28.3. The maximum Gasteiger partial charge on any atom is 0.170 e. The molecule has 21 heteroatoms. The van der Waals surface area contributed by atoms with E-state index in [1.54, 1.807) is 41.7 Å². The van der Waals surface area contributed by atoms with Crippen molar-refractivity contribution >= 4 is 110 Å². The zero-order valence-corrected chi connectivity index (χ0v) is 84.5. The number of ether oxygens (including phenoxy) is 3. The Morgan fingerprint density at radius 3 is 1.07 bits per heavy atom. The highest BCUT2D eigenvalue weighted by atomic mass is 32.1. The number of aryl methyl sites for hydroxylation is 3. The molecule has 8 aromatic carbocycles. The van der Waals surface area contributed by atoms with Gasteiger partial charge in [-0.3, -0.25) is 0 Å². The molecule has 0 saturated heterocycles. The summed E-state index contributed by atoms with van der Waals surface area (Å²) < 4.78 is 163. The fourth-order valence-corrected chi connectivity index (χ4v) is 25.7. The minimum Gasteiger partial charge on any atom is -0.494 e. The molecule has 0 N–H and O–H groups in total. The maximum atomic E-state index is 19.4. The van der Waals surface area contributed by atoms with Crippen molar-refractivity contribution < 1.29 is 49.3 Å². The van der Waals surface area contributed by atoms with Crippen LogP contribution in [0.25, 0.3) is 160 Å². The SMILES string of the molecule is CCCCCCCCOc1cccc(-c2nc3c(C)c(F)c(F)c(-c4ccc(-c5cc(F)c(-c6ccc(-c7c(F)c(F)c(-c8cc9c(-c%10cc(F)c(CC(CC)CCCC)s%10)c%10sc(C)cc%10c(-c%10cc(F)c(CC(CC)CCCC)s%10)c9s8)c8nc(-c9cccc(OCCCCCCCC)c9)c(-c9cccc(OCCCCCCCC)c9)nc78)s6)cc5F)s4)c3nc2-c2cccc(C)c2)c1. The number of hydrogen-bond acceptors (Lipinski definition) is 13. The van der Waals surface area contributed by atoms with E-state index in [1.807, 2.05) is 117 Å². The summed E-state index contributed by atoms with van der Waals surface area (Å²) >= 11 is 7.51. The van der Waals surface area contributed by atoms with Crippen LogP contribution in [0.5, 0.6) is 17.2 Å². The lowest BCUT2D eigenvalue weighted by Gasteiger charge is -2.17. The number of thiophene rings is 6. The van der Waals surface area contributed by atoms with Crippen LogP contribution in [0, 0.1) is 79.1 Å². The van der Waals surface area contributed by atoms with E-state index in [9.17, 15) is 0 Å². The third kappa shape index (κ3) is 22.2. The Hall–Kier alpha value is -10.0. The molecule has 8 heterocycles. The highest BCUT2D eigenvalue weighted by Crippen LogP contribution is 2.57. The van der Waals surface area contributed by atoms with Crippen LogP contribution in [0.2, 0.25) is 0 Å². The number of aromatic nitrogens is 4. The van der Waals surface area contributed by atoms with E-state index in [0.29, 0.717) is 125 Å². The van der Waals surface area contributed by atoms with Crippen LogP contribution >= 0.6 is 68.0 Å². The van der Waals surface area contributed by atoms with Crippen molar-refractivity contribution in [2.75, 3.05) is 19.8 Å².